The molecule has 0 spiro atoms. The first kappa shape index (κ1) is 15.8. The van der Waals surface area contributed by atoms with Crippen LogP contribution in [0.3, 0.4) is 0 Å². The molecule has 21 heavy (non-hydrogen) atoms. The molecule has 5 nitrogen and oxygen atoms in total. The van der Waals surface area contributed by atoms with Crippen molar-refractivity contribution in [2.75, 3.05) is 26.2 Å². The molecule has 1 aliphatic heterocycles. The molecule has 1 heterocycles. The van der Waals surface area contributed by atoms with Gasteiger partial charge in [0.1, 0.15) is 6.04 Å². The average molecular weight is 310 g/mol. The molecule has 1 saturated heterocycles. The Hall–Kier alpha value is -1.59. The van der Waals surface area contributed by atoms with Gasteiger partial charge in [0, 0.05) is 44.5 Å². The highest BCUT2D eigenvalue weighted by Crippen LogP contribution is 2.17. The van der Waals surface area contributed by atoms with Gasteiger partial charge in [0.25, 0.3) is 0 Å². The molecule has 2 rings (SSSR count). The van der Waals surface area contributed by atoms with E-state index in [0.717, 1.165) is 18.7 Å². The number of nitrogens with one attached hydrogen (secondary N) is 2. The first-order valence-corrected chi connectivity index (χ1v) is 7.45. The fourth-order valence-corrected chi connectivity index (χ4v) is 2.65. The standard InChI is InChI=1S/C15H20ClN3O2/c1-11(20)18-14(10-12-4-2-3-5-13(12)16)15(21)19-8-6-17-7-9-19/h2-5,14,17H,6-10H2,1H3,(H,18,20)/t14-/m0/s1. The molecule has 1 aromatic carbocycles. The first-order valence-electron chi connectivity index (χ1n) is 7.08. The lowest BCUT2D eigenvalue weighted by Gasteiger charge is -2.31. The number of carbonyl (C=O) groups is 2. The summed E-state index contributed by atoms with van der Waals surface area (Å²) in [5.74, 6) is -0.262. The quantitative estimate of drug-likeness (QED) is 0.865. The Morgan fingerprint density at radius 3 is 2.62 bits per heavy atom. The third kappa shape index (κ3) is 4.44. The van der Waals surface area contributed by atoms with Crippen molar-refractivity contribution in [1.29, 1.82) is 0 Å². The summed E-state index contributed by atoms with van der Waals surface area (Å²) < 4.78 is 0. The molecule has 0 aromatic heterocycles. The summed E-state index contributed by atoms with van der Waals surface area (Å²) in [6.45, 7) is 4.31. The molecule has 2 N–H and O–H groups in total. The molecule has 1 aliphatic rings. The van der Waals surface area contributed by atoms with Crippen LogP contribution in [-0.4, -0.2) is 48.9 Å². The summed E-state index contributed by atoms with van der Waals surface area (Å²) in [5.41, 5.74) is 0.862. The normalized spacial score (nSPS) is 16.4. The summed E-state index contributed by atoms with van der Waals surface area (Å²) in [4.78, 5) is 25.8. The van der Waals surface area contributed by atoms with Crippen LogP contribution in [-0.2, 0) is 16.0 Å². The molecule has 0 bridgehead atoms. The van der Waals surface area contributed by atoms with Gasteiger partial charge in [0.05, 0.1) is 0 Å². The fourth-order valence-electron chi connectivity index (χ4n) is 2.43. The van der Waals surface area contributed by atoms with Gasteiger partial charge in [-0.2, -0.15) is 0 Å². The van der Waals surface area contributed by atoms with E-state index in [2.05, 4.69) is 10.6 Å². The molecule has 1 fully saturated rings. The molecule has 2 amide bonds. The number of rotatable bonds is 4. The van der Waals surface area contributed by atoms with Crippen molar-refractivity contribution in [2.24, 2.45) is 0 Å². The predicted octanol–water partition coefficient (Wildman–Crippen LogP) is 0.819. The molecular weight excluding hydrogens is 290 g/mol. The smallest absolute Gasteiger partial charge is 0.245 e. The van der Waals surface area contributed by atoms with E-state index >= 15 is 0 Å². The number of hydrogen-bond acceptors (Lipinski definition) is 3. The van der Waals surface area contributed by atoms with Crippen LogP contribution in [0.2, 0.25) is 5.02 Å². The van der Waals surface area contributed by atoms with Gasteiger partial charge in [0.2, 0.25) is 11.8 Å². The Morgan fingerprint density at radius 1 is 1.33 bits per heavy atom. The minimum absolute atomic E-state index is 0.0494. The van der Waals surface area contributed by atoms with E-state index in [9.17, 15) is 9.59 Å². The Kier molecular flexibility index (Phi) is 5.59. The molecule has 0 unspecified atom stereocenters. The molecule has 0 aliphatic carbocycles. The molecule has 114 valence electrons. The largest absolute Gasteiger partial charge is 0.344 e. The Morgan fingerprint density at radius 2 is 2.00 bits per heavy atom. The SMILES string of the molecule is CC(=O)N[C@@H](Cc1ccccc1Cl)C(=O)N1CCNCC1. The van der Waals surface area contributed by atoms with E-state index < -0.39 is 6.04 Å². The Labute approximate surface area is 129 Å². The van der Waals surface area contributed by atoms with Gasteiger partial charge in [-0.15, -0.1) is 0 Å². The molecule has 1 atom stereocenters. The summed E-state index contributed by atoms with van der Waals surface area (Å²) in [7, 11) is 0. The third-order valence-electron chi connectivity index (χ3n) is 3.49. The monoisotopic (exact) mass is 309 g/mol. The highest BCUT2D eigenvalue weighted by Gasteiger charge is 2.26. The van der Waals surface area contributed by atoms with E-state index in [1.807, 2.05) is 18.2 Å². The van der Waals surface area contributed by atoms with Crippen molar-refractivity contribution in [3.05, 3.63) is 34.9 Å². The van der Waals surface area contributed by atoms with Gasteiger partial charge in [0.15, 0.2) is 0 Å². The maximum atomic E-state index is 12.6. The van der Waals surface area contributed by atoms with Crippen LogP contribution in [0.25, 0.3) is 0 Å². The number of amides is 2. The first-order chi connectivity index (χ1) is 10.1. The van der Waals surface area contributed by atoms with E-state index in [1.165, 1.54) is 6.92 Å². The highest BCUT2D eigenvalue weighted by molar-refractivity contribution is 6.31. The van der Waals surface area contributed by atoms with E-state index in [-0.39, 0.29) is 11.8 Å². The van der Waals surface area contributed by atoms with Crippen LogP contribution in [0, 0.1) is 0 Å². The van der Waals surface area contributed by atoms with Crippen LogP contribution in [0.15, 0.2) is 24.3 Å². The van der Waals surface area contributed by atoms with Crippen LogP contribution >= 0.6 is 11.6 Å². The van der Waals surface area contributed by atoms with Crippen molar-refractivity contribution in [3.8, 4) is 0 Å². The summed E-state index contributed by atoms with van der Waals surface area (Å²) >= 11 is 6.15. The molecule has 6 heteroatoms. The number of benzene rings is 1. The third-order valence-corrected chi connectivity index (χ3v) is 3.85. The maximum absolute atomic E-state index is 12.6. The number of nitrogens with zero attached hydrogens (tertiary/aromatic N) is 1. The minimum Gasteiger partial charge on any atom is -0.344 e. The molecule has 0 saturated carbocycles. The second-order valence-corrected chi connectivity index (χ2v) is 5.53. The lowest BCUT2D eigenvalue weighted by Crippen LogP contribution is -2.54. The van der Waals surface area contributed by atoms with Crippen molar-refractivity contribution < 1.29 is 9.59 Å². The molecule has 0 radical (unpaired) electrons. The average Bonchev–Trinajstić information content (AvgIpc) is 2.48. The maximum Gasteiger partial charge on any atom is 0.245 e. The van der Waals surface area contributed by atoms with Crippen molar-refractivity contribution in [3.63, 3.8) is 0 Å². The number of piperazine rings is 1. The van der Waals surface area contributed by atoms with E-state index in [1.54, 1.807) is 11.0 Å². The topological polar surface area (TPSA) is 61.4 Å². The number of carbonyl (C=O) groups excluding carboxylic acids is 2. The van der Waals surface area contributed by atoms with Crippen molar-refractivity contribution >= 4 is 23.4 Å². The van der Waals surface area contributed by atoms with Crippen LogP contribution in [0.1, 0.15) is 12.5 Å². The van der Waals surface area contributed by atoms with Gasteiger partial charge < -0.3 is 15.5 Å². The zero-order chi connectivity index (χ0) is 15.2. The van der Waals surface area contributed by atoms with Gasteiger partial charge in [-0.1, -0.05) is 29.8 Å². The second kappa shape index (κ2) is 7.43. The lowest BCUT2D eigenvalue weighted by atomic mass is 10.0. The van der Waals surface area contributed by atoms with Gasteiger partial charge in [-0.25, -0.2) is 0 Å². The van der Waals surface area contributed by atoms with Gasteiger partial charge in [-0.3, -0.25) is 9.59 Å². The van der Waals surface area contributed by atoms with Crippen LogP contribution in [0.4, 0.5) is 0 Å². The summed E-state index contributed by atoms with van der Waals surface area (Å²) in [6, 6.07) is 6.82. The van der Waals surface area contributed by atoms with Crippen molar-refractivity contribution in [2.45, 2.75) is 19.4 Å². The minimum atomic E-state index is -0.569. The summed E-state index contributed by atoms with van der Waals surface area (Å²) in [5, 5.41) is 6.56. The lowest BCUT2D eigenvalue weighted by molar-refractivity contribution is -0.136. The van der Waals surface area contributed by atoms with E-state index in [0.29, 0.717) is 24.5 Å². The Balaban J connectivity index is 2.11. The van der Waals surface area contributed by atoms with E-state index in [4.69, 9.17) is 11.6 Å². The summed E-state index contributed by atoms with van der Waals surface area (Å²) in [6.07, 6.45) is 0.405. The highest BCUT2D eigenvalue weighted by atomic mass is 35.5. The molecule has 1 aromatic rings. The zero-order valence-electron chi connectivity index (χ0n) is 12.1. The van der Waals surface area contributed by atoms with Crippen LogP contribution in [0.5, 0.6) is 0 Å². The number of halogens is 1. The second-order valence-electron chi connectivity index (χ2n) is 5.12. The van der Waals surface area contributed by atoms with Crippen molar-refractivity contribution in [1.82, 2.24) is 15.5 Å². The van der Waals surface area contributed by atoms with Gasteiger partial charge in [-0.05, 0) is 11.6 Å². The molecular formula is C15H20ClN3O2. The fraction of sp³-hybridized carbons (Fsp3) is 0.467. The van der Waals surface area contributed by atoms with Crippen LogP contribution < -0.4 is 10.6 Å². The van der Waals surface area contributed by atoms with Gasteiger partial charge >= 0.3 is 0 Å². The number of hydrogen-bond donors (Lipinski definition) is 2. The Bertz CT molecular complexity index is 515. The predicted molar refractivity (Wildman–Crippen MR) is 82.2 cm³/mol. The zero-order valence-corrected chi connectivity index (χ0v) is 12.8.